The second kappa shape index (κ2) is 7.63. The number of unbranched alkanes of at least 4 members (excludes halogenated alkanes) is 5. The Hall–Kier alpha value is -0.770. The van der Waals surface area contributed by atoms with Gasteiger partial charge in [-0.05, 0) is 12.8 Å². The van der Waals surface area contributed by atoms with E-state index in [0.29, 0.717) is 12.8 Å². The van der Waals surface area contributed by atoms with Crippen LogP contribution in [0.25, 0.3) is 0 Å². The third-order valence-corrected chi connectivity index (χ3v) is 3.57. The zero-order chi connectivity index (χ0) is 19.4. The van der Waals surface area contributed by atoms with E-state index >= 15 is 0 Å². The molecule has 0 nitrogen and oxygen atoms in total. The standard InChI is InChI=1S/C13H17F11/c1-2-3-4-5-6-7-8-9(14,12(19,20)21)10(15,16)11(17,18)13(22,23)24/h2-8H2,1H3. The van der Waals surface area contributed by atoms with Crippen molar-refractivity contribution in [3.8, 4) is 0 Å². The highest BCUT2D eigenvalue weighted by Crippen LogP contribution is 2.58. The molecule has 0 radical (unpaired) electrons. The molecular weight excluding hydrogens is 365 g/mol. The second-order valence-electron chi connectivity index (χ2n) is 5.46. The number of hydrogen-bond acceptors (Lipinski definition) is 0. The lowest BCUT2D eigenvalue weighted by atomic mass is 9.86. The molecule has 0 fully saturated rings. The average molecular weight is 382 g/mol. The maximum Gasteiger partial charge on any atom is 0.460 e. The first-order valence-corrected chi connectivity index (χ1v) is 7.14. The molecule has 0 N–H and O–H groups in total. The fraction of sp³-hybridized carbons (Fsp3) is 1.00. The molecule has 0 aromatic rings. The van der Waals surface area contributed by atoms with Gasteiger partial charge in [0.15, 0.2) is 0 Å². The van der Waals surface area contributed by atoms with E-state index in [1.54, 1.807) is 6.92 Å². The van der Waals surface area contributed by atoms with Crippen LogP contribution in [0.15, 0.2) is 0 Å². The van der Waals surface area contributed by atoms with Crippen LogP contribution in [0.2, 0.25) is 0 Å². The zero-order valence-electron chi connectivity index (χ0n) is 12.6. The number of hydrogen-bond donors (Lipinski definition) is 0. The Balaban J connectivity index is 5.38. The van der Waals surface area contributed by atoms with Crippen LogP contribution >= 0.6 is 0 Å². The molecule has 0 spiro atoms. The molecule has 0 aliphatic rings. The molecule has 0 bridgehead atoms. The first-order chi connectivity index (χ1) is 10.6. The van der Waals surface area contributed by atoms with Gasteiger partial charge in [-0.15, -0.1) is 0 Å². The predicted molar refractivity (Wildman–Crippen MR) is 63.8 cm³/mol. The second-order valence-corrected chi connectivity index (χ2v) is 5.46. The number of halogens is 11. The van der Waals surface area contributed by atoms with Crippen molar-refractivity contribution in [2.75, 3.05) is 0 Å². The summed E-state index contributed by atoms with van der Waals surface area (Å²) >= 11 is 0. The third-order valence-electron chi connectivity index (χ3n) is 3.57. The third kappa shape index (κ3) is 4.44. The van der Waals surface area contributed by atoms with Crippen LogP contribution < -0.4 is 0 Å². The first kappa shape index (κ1) is 23.2. The van der Waals surface area contributed by atoms with Crippen molar-refractivity contribution in [2.24, 2.45) is 0 Å². The molecule has 146 valence electrons. The first-order valence-electron chi connectivity index (χ1n) is 7.14. The quantitative estimate of drug-likeness (QED) is 0.303. The highest BCUT2D eigenvalue weighted by molar-refractivity contribution is 5.08. The lowest BCUT2D eigenvalue weighted by Gasteiger charge is -2.39. The summed E-state index contributed by atoms with van der Waals surface area (Å²) < 4.78 is 140. The van der Waals surface area contributed by atoms with E-state index < -0.39 is 42.7 Å². The summed E-state index contributed by atoms with van der Waals surface area (Å²) in [4.78, 5) is 0. The topological polar surface area (TPSA) is 0 Å². The van der Waals surface area contributed by atoms with Crippen molar-refractivity contribution in [1.29, 1.82) is 0 Å². The highest BCUT2D eigenvalue weighted by atomic mass is 19.4. The van der Waals surface area contributed by atoms with Gasteiger partial charge in [-0.25, -0.2) is 4.39 Å². The molecule has 0 saturated carbocycles. The molecule has 0 aromatic heterocycles. The van der Waals surface area contributed by atoms with E-state index in [4.69, 9.17) is 0 Å². The summed E-state index contributed by atoms with van der Waals surface area (Å²) in [5.74, 6) is -14.1. The van der Waals surface area contributed by atoms with Gasteiger partial charge < -0.3 is 0 Å². The van der Waals surface area contributed by atoms with Crippen LogP contribution in [0.1, 0.15) is 51.9 Å². The smallest absolute Gasteiger partial charge is 0.227 e. The summed E-state index contributed by atoms with van der Waals surface area (Å²) in [5.41, 5.74) is -5.98. The van der Waals surface area contributed by atoms with Crippen LogP contribution in [0.3, 0.4) is 0 Å². The Morgan fingerprint density at radius 3 is 1.29 bits per heavy atom. The van der Waals surface area contributed by atoms with Gasteiger partial charge in [0.2, 0.25) is 0 Å². The lowest BCUT2D eigenvalue weighted by molar-refractivity contribution is -0.412. The molecule has 0 rings (SSSR count). The van der Waals surface area contributed by atoms with Crippen molar-refractivity contribution in [2.45, 2.75) is 81.7 Å². The SMILES string of the molecule is CCCCCCCCC(F)(C(F)(F)F)C(F)(F)C(F)(F)C(F)(F)F. The molecule has 0 amide bonds. The normalized spacial score (nSPS) is 17.0. The van der Waals surface area contributed by atoms with Crippen LogP contribution in [0.5, 0.6) is 0 Å². The largest absolute Gasteiger partial charge is 0.460 e. The van der Waals surface area contributed by atoms with Gasteiger partial charge in [0, 0.05) is 0 Å². The number of alkyl halides is 11. The molecular formula is C13H17F11. The van der Waals surface area contributed by atoms with Gasteiger partial charge in [-0.2, -0.15) is 43.9 Å². The maximum atomic E-state index is 13.8. The fourth-order valence-electron chi connectivity index (χ4n) is 2.05. The Morgan fingerprint density at radius 1 is 0.500 bits per heavy atom. The van der Waals surface area contributed by atoms with Gasteiger partial charge in [0.1, 0.15) is 0 Å². The fourth-order valence-corrected chi connectivity index (χ4v) is 2.05. The number of rotatable bonds is 9. The summed E-state index contributed by atoms with van der Waals surface area (Å²) in [6.07, 6.45) is -14.8. The minimum Gasteiger partial charge on any atom is -0.227 e. The van der Waals surface area contributed by atoms with Crippen molar-refractivity contribution < 1.29 is 48.3 Å². The summed E-state index contributed by atoms with van der Waals surface area (Å²) in [5, 5.41) is 0. The molecule has 1 atom stereocenters. The summed E-state index contributed by atoms with van der Waals surface area (Å²) in [7, 11) is 0. The van der Waals surface area contributed by atoms with E-state index in [-0.39, 0.29) is 12.8 Å². The van der Waals surface area contributed by atoms with E-state index in [1.807, 2.05) is 0 Å². The van der Waals surface area contributed by atoms with E-state index in [2.05, 4.69) is 0 Å². The highest BCUT2D eigenvalue weighted by Gasteiger charge is 2.85. The van der Waals surface area contributed by atoms with Gasteiger partial charge in [-0.1, -0.05) is 39.0 Å². The molecule has 0 saturated heterocycles. The average Bonchev–Trinajstić information content (AvgIpc) is 2.39. The van der Waals surface area contributed by atoms with E-state index in [0.717, 1.165) is 6.42 Å². The summed E-state index contributed by atoms with van der Waals surface area (Å²) in [6, 6.07) is 0. The molecule has 0 aromatic carbocycles. The van der Waals surface area contributed by atoms with Gasteiger partial charge in [-0.3, -0.25) is 0 Å². The minimum atomic E-state index is -7.16. The van der Waals surface area contributed by atoms with Gasteiger partial charge in [0.25, 0.3) is 5.67 Å². The van der Waals surface area contributed by atoms with Gasteiger partial charge >= 0.3 is 24.2 Å². The Kier molecular flexibility index (Phi) is 7.39. The lowest BCUT2D eigenvalue weighted by Crippen LogP contribution is -2.67. The van der Waals surface area contributed by atoms with Gasteiger partial charge in [0.05, 0.1) is 0 Å². The Morgan fingerprint density at radius 2 is 0.917 bits per heavy atom. The molecule has 0 aliphatic heterocycles. The van der Waals surface area contributed by atoms with Crippen molar-refractivity contribution in [3.05, 3.63) is 0 Å². The molecule has 0 aliphatic carbocycles. The Bertz CT molecular complexity index is 382. The minimum absolute atomic E-state index is 0.199. The summed E-state index contributed by atoms with van der Waals surface area (Å²) in [6.45, 7) is 1.80. The monoisotopic (exact) mass is 382 g/mol. The molecule has 24 heavy (non-hydrogen) atoms. The maximum absolute atomic E-state index is 13.8. The van der Waals surface area contributed by atoms with Crippen molar-refractivity contribution in [3.63, 3.8) is 0 Å². The van der Waals surface area contributed by atoms with Crippen molar-refractivity contribution in [1.82, 2.24) is 0 Å². The van der Waals surface area contributed by atoms with E-state index in [1.165, 1.54) is 0 Å². The van der Waals surface area contributed by atoms with Crippen molar-refractivity contribution >= 4 is 0 Å². The molecule has 0 heterocycles. The Labute approximate surface area is 131 Å². The zero-order valence-corrected chi connectivity index (χ0v) is 12.6. The van der Waals surface area contributed by atoms with Crippen LogP contribution in [0.4, 0.5) is 48.3 Å². The van der Waals surface area contributed by atoms with E-state index in [9.17, 15) is 48.3 Å². The molecule has 11 heteroatoms. The molecule has 1 unspecified atom stereocenters. The predicted octanol–water partition coefficient (Wildman–Crippen LogP) is 6.84. The van der Waals surface area contributed by atoms with Crippen LogP contribution in [0, 0.1) is 0 Å². The van der Waals surface area contributed by atoms with Crippen LogP contribution in [-0.2, 0) is 0 Å². The van der Waals surface area contributed by atoms with Crippen LogP contribution in [-0.4, -0.2) is 29.9 Å².